The molecular weight excluding hydrogens is 433 g/mol. The minimum atomic E-state index is -1.06. The summed E-state index contributed by atoms with van der Waals surface area (Å²) in [6.07, 6.45) is 6.44. The summed E-state index contributed by atoms with van der Waals surface area (Å²) in [6, 6.07) is 3.78. The molecule has 0 saturated carbocycles. The molecule has 1 aromatic carbocycles. The first-order chi connectivity index (χ1) is 14.0. The van der Waals surface area contributed by atoms with Crippen LogP contribution in [-0.2, 0) is 4.79 Å². The maximum atomic E-state index is 12.4. The highest BCUT2D eigenvalue weighted by molar-refractivity contribution is 8.14. The highest BCUT2D eigenvalue weighted by Gasteiger charge is 2.22. The van der Waals surface area contributed by atoms with E-state index in [4.69, 9.17) is 23.2 Å². The number of nitrogens with one attached hydrogen (secondary N) is 2. The van der Waals surface area contributed by atoms with Gasteiger partial charge in [-0.25, -0.2) is 4.79 Å². The van der Waals surface area contributed by atoms with Gasteiger partial charge in [0.2, 0.25) is 0 Å². The molecule has 0 unspecified atom stereocenters. The van der Waals surface area contributed by atoms with Gasteiger partial charge in [0.05, 0.1) is 22.2 Å². The van der Waals surface area contributed by atoms with Crippen molar-refractivity contribution in [3.05, 3.63) is 33.8 Å². The van der Waals surface area contributed by atoms with Crippen LogP contribution in [0.2, 0.25) is 10.0 Å². The Balaban J connectivity index is 1.61. The van der Waals surface area contributed by atoms with Crippen LogP contribution in [0.3, 0.4) is 0 Å². The largest absolute Gasteiger partial charge is 0.480 e. The summed E-state index contributed by atoms with van der Waals surface area (Å²) in [7, 11) is 0. The van der Waals surface area contributed by atoms with Gasteiger partial charge in [0.1, 0.15) is 6.04 Å². The van der Waals surface area contributed by atoms with Crippen LogP contribution in [0.25, 0.3) is 0 Å². The van der Waals surface area contributed by atoms with E-state index < -0.39 is 17.9 Å². The fourth-order valence-corrected chi connectivity index (χ4v) is 4.35. The summed E-state index contributed by atoms with van der Waals surface area (Å²) in [5.41, 5.74) is 0.109. The number of carboxylic acid groups (broad SMARTS) is 1. The number of amides is 1. The standard InChI is InChI=1S/C20H27Cl2N3O3S/c21-14-8-7-9-15(22)17(14)18(26)25-16(19(27)28)10-5-3-1-2-4-6-11-23-20-24-12-13-29-20/h7-9,16H,1-6,10-13H2,(H,23,24)(H,25,26)(H,27,28)/t16-/m1/s1. The Morgan fingerprint density at radius 3 is 2.38 bits per heavy atom. The molecule has 0 fully saturated rings. The van der Waals surface area contributed by atoms with Crippen molar-refractivity contribution in [1.82, 2.24) is 10.6 Å². The third-order valence-electron chi connectivity index (χ3n) is 4.57. The van der Waals surface area contributed by atoms with Crippen LogP contribution in [0.5, 0.6) is 0 Å². The zero-order chi connectivity index (χ0) is 21.1. The van der Waals surface area contributed by atoms with E-state index in [-0.39, 0.29) is 15.6 Å². The van der Waals surface area contributed by atoms with E-state index in [1.54, 1.807) is 30.0 Å². The number of hydrogen-bond acceptors (Lipinski definition) is 5. The maximum Gasteiger partial charge on any atom is 0.326 e. The molecule has 1 aliphatic rings. The molecule has 9 heteroatoms. The minimum absolute atomic E-state index is 0.109. The number of carboxylic acids is 1. The van der Waals surface area contributed by atoms with E-state index in [1.807, 2.05) is 0 Å². The maximum absolute atomic E-state index is 12.4. The third-order valence-corrected chi connectivity index (χ3v) is 6.14. The molecule has 3 N–H and O–H groups in total. The highest BCUT2D eigenvalue weighted by Crippen LogP contribution is 2.24. The van der Waals surface area contributed by atoms with E-state index >= 15 is 0 Å². The molecule has 0 aromatic heterocycles. The number of rotatable bonds is 12. The van der Waals surface area contributed by atoms with Crippen LogP contribution < -0.4 is 10.6 Å². The summed E-state index contributed by atoms with van der Waals surface area (Å²) in [5.74, 6) is -0.545. The fraction of sp³-hybridized carbons (Fsp3) is 0.550. The molecular formula is C20H27Cl2N3O3S. The molecule has 0 saturated heterocycles. The monoisotopic (exact) mass is 459 g/mol. The van der Waals surface area contributed by atoms with Gasteiger partial charge in [-0.3, -0.25) is 9.79 Å². The molecule has 1 heterocycles. The van der Waals surface area contributed by atoms with E-state index in [2.05, 4.69) is 15.6 Å². The topological polar surface area (TPSA) is 90.8 Å². The first kappa shape index (κ1) is 23.8. The zero-order valence-corrected chi connectivity index (χ0v) is 18.6. The summed E-state index contributed by atoms with van der Waals surface area (Å²) in [4.78, 5) is 28.2. The van der Waals surface area contributed by atoms with Crippen LogP contribution in [-0.4, -0.2) is 47.0 Å². The lowest BCUT2D eigenvalue weighted by Crippen LogP contribution is -2.41. The van der Waals surface area contributed by atoms with Crippen molar-refractivity contribution in [3.8, 4) is 0 Å². The quantitative estimate of drug-likeness (QED) is 0.397. The van der Waals surface area contributed by atoms with Gasteiger partial charge in [-0.1, -0.05) is 73.1 Å². The van der Waals surface area contributed by atoms with Gasteiger partial charge in [-0.2, -0.15) is 0 Å². The van der Waals surface area contributed by atoms with Crippen LogP contribution >= 0.6 is 35.0 Å². The summed E-state index contributed by atoms with van der Waals surface area (Å²) in [5, 5.41) is 16.7. The van der Waals surface area contributed by atoms with Crippen molar-refractivity contribution >= 4 is 52.0 Å². The number of halogens is 2. The average molecular weight is 460 g/mol. The van der Waals surface area contributed by atoms with Crippen LogP contribution in [0, 0.1) is 0 Å². The second kappa shape index (κ2) is 13.0. The zero-order valence-electron chi connectivity index (χ0n) is 16.3. The van der Waals surface area contributed by atoms with Gasteiger partial charge in [0, 0.05) is 12.3 Å². The SMILES string of the molecule is O=C(N[C@H](CCCCCCCCNC1=NCCS1)C(=O)O)c1c(Cl)cccc1Cl. The van der Waals surface area contributed by atoms with Gasteiger partial charge in [0.15, 0.2) is 5.17 Å². The predicted octanol–water partition coefficient (Wildman–Crippen LogP) is 4.60. The van der Waals surface area contributed by atoms with Gasteiger partial charge in [0.25, 0.3) is 5.91 Å². The molecule has 1 aromatic rings. The lowest BCUT2D eigenvalue weighted by Gasteiger charge is -2.15. The molecule has 29 heavy (non-hydrogen) atoms. The molecule has 0 aliphatic carbocycles. The number of thioether (sulfide) groups is 1. The average Bonchev–Trinajstić information content (AvgIpc) is 3.19. The van der Waals surface area contributed by atoms with Crippen molar-refractivity contribution in [2.24, 2.45) is 4.99 Å². The number of carbonyl (C=O) groups is 2. The molecule has 0 spiro atoms. The molecule has 2 rings (SSSR count). The van der Waals surface area contributed by atoms with Crippen LogP contribution in [0.1, 0.15) is 55.3 Å². The van der Waals surface area contributed by atoms with Crippen LogP contribution in [0.15, 0.2) is 23.2 Å². The Morgan fingerprint density at radius 2 is 1.76 bits per heavy atom. The van der Waals surface area contributed by atoms with E-state index in [0.29, 0.717) is 6.42 Å². The Kier molecular flexibility index (Phi) is 10.7. The molecule has 0 radical (unpaired) electrons. The molecule has 160 valence electrons. The Bertz CT molecular complexity index is 711. The minimum Gasteiger partial charge on any atom is -0.480 e. The second-order valence-electron chi connectivity index (χ2n) is 6.83. The van der Waals surface area contributed by atoms with Crippen LogP contribution in [0.4, 0.5) is 0 Å². The summed E-state index contributed by atoms with van der Waals surface area (Å²) < 4.78 is 0. The van der Waals surface area contributed by atoms with E-state index in [9.17, 15) is 14.7 Å². The number of hydrogen-bond donors (Lipinski definition) is 3. The second-order valence-corrected chi connectivity index (χ2v) is 8.73. The highest BCUT2D eigenvalue weighted by atomic mass is 35.5. The molecule has 1 amide bonds. The number of aliphatic carboxylic acids is 1. The molecule has 1 atom stereocenters. The van der Waals surface area contributed by atoms with Crippen molar-refractivity contribution in [2.75, 3.05) is 18.8 Å². The van der Waals surface area contributed by atoms with E-state index in [1.165, 1.54) is 0 Å². The van der Waals surface area contributed by atoms with E-state index in [0.717, 1.165) is 62.5 Å². The number of benzene rings is 1. The lowest BCUT2D eigenvalue weighted by molar-refractivity contribution is -0.139. The third kappa shape index (κ3) is 8.44. The Morgan fingerprint density at radius 1 is 1.10 bits per heavy atom. The van der Waals surface area contributed by atoms with Gasteiger partial charge >= 0.3 is 5.97 Å². The fourth-order valence-electron chi connectivity index (χ4n) is 3.02. The molecule has 0 bridgehead atoms. The first-order valence-electron chi connectivity index (χ1n) is 9.88. The Labute approximate surface area is 185 Å². The number of unbranched alkanes of at least 4 members (excludes halogenated alkanes) is 5. The first-order valence-corrected chi connectivity index (χ1v) is 11.6. The number of amidine groups is 1. The molecule has 6 nitrogen and oxygen atoms in total. The lowest BCUT2D eigenvalue weighted by atomic mass is 10.0. The summed E-state index contributed by atoms with van der Waals surface area (Å²) >= 11 is 13.8. The van der Waals surface area contributed by atoms with Crippen molar-refractivity contribution in [3.63, 3.8) is 0 Å². The van der Waals surface area contributed by atoms with Crippen molar-refractivity contribution < 1.29 is 14.7 Å². The predicted molar refractivity (Wildman–Crippen MR) is 120 cm³/mol. The smallest absolute Gasteiger partial charge is 0.326 e. The normalized spacial score (nSPS) is 14.3. The van der Waals surface area contributed by atoms with Crippen molar-refractivity contribution in [2.45, 2.75) is 51.0 Å². The van der Waals surface area contributed by atoms with Gasteiger partial charge < -0.3 is 15.7 Å². The van der Waals surface area contributed by atoms with Gasteiger partial charge in [-0.05, 0) is 25.0 Å². The van der Waals surface area contributed by atoms with Gasteiger partial charge in [-0.15, -0.1) is 0 Å². The Hall–Kier alpha value is -1.44. The number of nitrogens with zero attached hydrogens (tertiary/aromatic N) is 1. The molecule has 1 aliphatic heterocycles. The summed E-state index contributed by atoms with van der Waals surface area (Å²) in [6.45, 7) is 1.86. The number of aliphatic imine (C=N–C) groups is 1. The van der Waals surface area contributed by atoms with Crippen molar-refractivity contribution in [1.29, 1.82) is 0 Å². The number of carbonyl (C=O) groups excluding carboxylic acids is 1.